The Balaban J connectivity index is 1.57. The van der Waals surface area contributed by atoms with E-state index < -0.39 is 11.9 Å². The number of fused-ring (bicyclic) bond motifs is 2. The summed E-state index contributed by atoms with van der Waals surface area (Å²) < 4.78 is 0. The number of carbonyl (C=O) groups is 1. The molecular weight excluding hydrogens is 380 g/mol. The number of aliphatic carboxylic acids is 1. The third-order valence-electron chi connectivity index (χ3n) is 5.66. The van der Waals surface area contributed by atoms with Crippen LogP contribution in [0.5, 0.6) is 0 Å². The van der Waals surface area contributed by atoms with Gasteiger partial charge in [-0.25, -0.2) is 4.79 Å². The Morgan fingerprint density at radius 1 is 1.07 bits per heavy atom. The number of aromatic nitrogens is 2. The summed E-state index contributed by atoms with van der Waals surface area (Å²) in [4.78, 5) is 34.4. The Hall–Kier alpha value is -3.87. The van der Waals surface area contributed by atoms with Crippen LogP contribution < -0.4 is 15.8 Å². The number of anilines is 2. The molecule has 7 heteroatoms. The van der Waals surface area contributed by atoms with Gasteiger partial charge < -0.3 is 15.3 Å². The first-order valence-corrected chi connectivity index (χ1v) is 9.83. The summed E-state index contributed by atoms with van der Waals surface area (Å²) in [6.07, 6.45) is 2.42. The van der Waals surface area contributed by atoms with Gasteiger partial charge in [-0.2, -0.15) is 4.98 Å². The molecule has 2 aliphatic rings. The standard InChI is InChI=1S/C23H20N4O3/c28-21-19-17(15-7-2-1-3-8-15)12-18(22(29)30)24-20(19)25-23(26-21)27-11-10-14-6-4-5-9-16(14)13-27/h1-9,12,17H,10-11,13H2,(H,29,30)(H2,24,25,26,28). The Kier molecular flexibility index (Phi) is 4.35. The maximum Gasteiger partial charge on any atom is 0.352 e. The lowest BCUT2D eigenvalue weighted by Gasteiger charge is -2.30. The van der Waals surface area contributed by atoms with Crippen LogP contribution in [0.4, 0.5) is 11.8 Å². The van der Waals surface area contributed by atoms with Gasteiger partial charge in [-0.15, -0.1) is 0 Å². The molecular formula is C23H20N4O3. The lowest BCUT2D eigenvalue weighted by molar-refractivity contribution is -0.132. The van der Waals surface area contributed by atoms with Gasteiger partial charge >= 0.3 is 5.97 Å². The van der Waals surface area contributed by atoms with E-state index in [1.807, 2.05) is 47.4 Å². The highest BCUT2D eigenvalue weighted by atomic mass is 16.4. The average Bonchev–Trinajstić information content (AvgIpc) is 2.78. The van der Waals surface area contributed by atoms with E-state index in [2.05, 4.69) is 27.4 Å². The van der Waals surface area contributed by atoms with Crippen LogP contribution in [0.25, 0.3) is 0 Å². The van der Waals surface area contributed by atoms with Crippen molar-refractivity contribution in [2.45, 2.75) is 18.9 Å². The molecule has 0 amide bonds. The van der Waals surface area contributed by atoms with Gasteiger partial charge in [-0.1, -0.05) is 54.6 Å². The quantitative estimate of drug-likeness (QED) is 0.625. The summed E-state index contributed by atoms with van der Waals surface area (Å²) in [6, 6.07) is 17.6. The lowest BCUT2D eigenvalue weighted by Crippen LogP contribution is -2.35. The van der Waals surface area contributed by atoms with Crippen LogP contribution in [0.1, 0.15) is 28.2 Å². The molecule has 2 aliphatic heterocycles. The summed E-state index contributed by atoms with van der Waals surface area (Å²) in [5.41, 5.74) is 3.51. The van der Waals surface area contributed by atoms with Crippen molar-refractivity contribution in [1.29, 1.82) is 0 Å². The van der Waals surface area contributed by atoms with Gasteiger partial charge in [0, 0.05) is 19.0 Å². The molecule has 0 saturated carbocycles. The minimum Gasteiger partial charge on any atom is -0.477 e. The monoisotopic (exact) mass is 400 g/mol. The van der Waals surface area contributed by atoms with Gasteiger partial charge in [0.25, 0.3) is 5.56 Å². The molecule has 1 aromatic heterocycles. The first kappa shape index (κ1) is 18.2. The first-order chi connectivity index (χ1) is 14.6. The van der Waals surface area contributed by atoms with E-state index in [4.69, 9.17) is 0 Å². The molecule has 0 radical (unpaired) electrons. The molecule has 2 aromatic carbocycles. The number of benzene rings is 2. The molecule has 150 valence electrons. The van der Waals surface area contributed by atoms with Gasteiger partial charge in [0.1, 0.15) is 11.5 Å². The zero-order valence-corrected chi connectivity index (χ0v) is 16.1. The van der Waals surface area contributed by atoms with Crippen molar-refractivity contribution in [2.24, 2.45) is 0 Å². The molecule has 3 aromatic rings. The van der Waals surface area contributed by atoms with Gasteiger partial charge in [-0.3, -0.25) is 9.78 Å². The second kappa shape index (κ2) is 7.18. The van der Waals surface area contributed by atoms with Crippen molar-refractivity contribution in [1.82, 2.24) is 9.97 Å². The molecule has 0 spiro atoms. The van der Waals surface area contributed by atoms with E-state index in [0.717, 1.165) is 18.5 Å². The normalized spacial score (nSPS) is 17.4. The maximum absolute atomic E-state index is 13.1. The molecule has 0 bridgehead atoms. The number of nitrogens with one attached hydrogen (secondary N) is 2. The average molecular weight is 400 g/mol. The number of nitrogens with zero attached hydrogens (tertiary/aromatic N) is 2. The first-order valence-electron chi connectivity index (χ1n) is 9.83. The van der Waals surface area contributed by atoms with Crippen LogP contribution in [-0.4, -0.2) is 27.6 Å². The fourth-order valence-corrected chi connectivity index (χ4v) is 4.15. The Morgan fingerprint density at radius 2 is 1.80 bits per heavy atom. The molecule has 3 heterocycles. The van der Waals surface area contributed by atoms with E-state index in [-0.39, 0.29) is 11.3 Å². The number of rotatable bonds is 3. The number of aromatic amines is 1. The number of hydrogen-bond acceptors (Lipinski definition) is 5. The van der Waals surface area contributed by atoms with Gasteiger partial charge in [0.05, 0.1) is 5.56 Å². The predicted molar refractivity (Wildman–Crippen MR) is 114 cm³/mol. The van der Waals surface area contributed by atoms with Crippen molar-refractivity contribution in [3.8, 4) is 0 Å². The number of carboxylic acids is 1. The van der Waals surface area contributed by atoms with Gasteiger partial charge in [0.2, 0.25) is 5.95 Å². The molecule has 1 unspecified atom stereocenters. The molecule has 30 heavy (non-hydrogen) atoms. The second-order valence-electron chi connectivity index (χ2n) is 7.49. The molecule has 0 aliphatic carbocycles. The van der Waals surface area contributed by atoms with E-state index in [1.54, 1.807) is 6.08 Å². The minimum absolute atomic E-state index is 0.0180. The third-order valence-corrected chi connectivity index (χ3v) is 5.66. The summed E-state index contributed by atoms with van der Waals surface area (Å²) >= 11 is 0. The highest BCUT2D eigenvalue weighted by Gasteiger charge is 2.30. The highest BCUT2D eigenvalue weighted by Crippen LogP contribution is 2.34. The summed E-state index contributed by atoms with van der Waals surface area (Å²) in [6.45, 7) is 1.37. The zero-order valence-electron chi connectivity index (χ0n) is 16.1. The van der Waals surface area contributed by atoms with Crippen molar-refractivity contribution in [3.05, 3.63) is 99.0 Å². The summed E-state index contributed by atoms with van der Waals surface area (Å²) in [5.74, 6) is -0.835. The minimum atomic E-state index is -1.09. The smallest absolute Gasteiger partial charge is 0.352 e. The van der Waals surface area contributed by atoms with Gasteiger partial charge in [-0.05, 0) is 29.2 Å². The second-order valence-corrected chi connectivity index (χ2v) is 7.49. The molecule has 1 atom stereocenters. The number of hydrogen-bond donors (Lipinski definition) is 3. The van der Waals surface area contributed by atoms with E-state index >= 15 is 0 Å². The maximum atomic E-state index is 13.1. The van der Waals surface area contributed by atoms with Crippen molar-refractivity contribution < 1.29 is 9.90 Å². The third kappa shape index (κ3) is 3.14. The summed E-state index contributed by atoms with van der Waals surface area (Å²) in [5, 5.41) is 12.4. The molecule has 5 rings (SSSR count). The fraction of sp³-hybridized carbons (Fsp3) is 0.174. The van der Waals surface area contributed by atoms with Crippen LogP contribution >= 0.6 is 0 Å². The Labute approximate surface area is 172 Å². The van der Waals surface area contributed by atoms with Crippen molar-refractivity contribution in [2.75, 3.05) is 16.8 Å². The van der Waals surface area contributed by atoms with E-state index in [9.17, 15) is 14.7 Å². The molecule has 0 saturated heterocycles. The summed E-state index contributed by atoms with van der Waals surface area (Å²) in [7, 11) is 0. The Morgan fingerprint density at radius 3 is 2.57 bits per heavy atom. The van der Waals surface area contributed by atoms with Crippen LogP contribution in [0, 0.1) is 0 Å². The van der Waals surface area contributed by atoms with Crippen LogP contribution in [0.3, 0.4) is 0 Å². The Bertz CT molecular complexity index is 1220. The van der Waals surface area contributed by atoms with E-state index in [1.165, 1.54) is 11.1 Å². The number of allylic oxidation sites excluding steroid dienone is 1. The number of carboxylic acid groups (broad SMARTS) is 1. The SMILES string of the molecule is O=C(O)C1=CC(c2ccccc2)c2c(nc(N3CCc4ccccc4C3)[nH]c2=O)N1. The molecule has 7 nitrogen and oxygen atoms in total. The van der Waals surface area contributed by atoms with E-state index in [0.29, 0.717) is 23.9 Å². The van der Waals surface area contributed by atoms with Crippen molar-refractivity contribution >= 4 is 17.7 Å². The topological polar surface area (TPSA) is 98.3 Å². The highest BCUT2D eigenvalue weighted by molar-refractivity contribution is 5.91. The van der Waals surface area contributed by atoms with Gasteiger partial charge in [0.15, 0.2) is 0 Å². The van der Waals surface area contributed by atoms with Crippen LogP contribution in [0.15, 0.2) is 71.2 Å². The lowest BCUT2D eigenvalue weighted by atomic mass is 9.89. The largest absolute Gasteiger partial charge is 0.477 e. The molecule has 0 fully saturated rings. The zero-order chi connectivity index (χ0) is 20.7. The predicted octanol–water partition coefficient (Wildman–Crippen LogP) is 2.86. The number of H-pyrrole nitrogens is 1. The molecule has 3 N–H and O–H groups in total. The van der Waals surface area contributed by atoms with Crippen LogP contribution in [0.2, 0.25) is 0 Å². The van der Waals surface area contributed by atoms with Crippen LogP contribution in [-0.2, 0) is 17.8 Å². The van der Waals surface area contributed by atoms with Crippen molar-refractivity contribution in [3.63, 3.8) is 0 Å². The fourth-order valence-electron chi connectivity index (χ4n) is 4.15.